The first-order valence-corrected chi connectivity index (χ1v) is 14.0. The quantitative estimate of drug-likeness (QED) is 0.168. The van der Waals surface area contributed by atoms with E-state index in [-0.39, 0.29) is 11.3 Å². The highest BCUT2D eigenvalue weighted by Crippen LogP contribution is 2.45. The van der Waals surface area contributed by atoms with Crippen molar-refractivity contribution >= 4 is 33.9 Å². The molecule has 0 unspecified atom stereocenters. The van der Waals surface area contributed by atoms with Gasteiger partial charge in [0.1, 0.15) is 25.6 Å². The number of fused-ring (bicyclic) bond motifs is 1. The summed E-state index contributed by atoms with van der Waals surface area (Å²) in [6, 6.07) is 18.9. The van der Waals surface area contributed by atoms with Crippen molar-refractivity contribution in [3.05, 3.63) is 101 Å². The Morgan fingerprint density at radius 2 is 1.80 bits per heavy atom. The number of nitrogens with zero attached hydrogens (tertiary/aromatic N) is 2. The number of aliphatic hydroxyl groups is 1. The minimum Gasteiger partial charge on any atom is -0.507 e. The number of aromatic nitrogens is 1. The highest BCUT2D eigenvalue weighted by atomic mass is 32.1. The number of ether oxygens (including phenoxy) is 4. The Bertz CT molecular complexity index is 1620. The van der Waals surface area contributed by atoms with E-state index >= 15 is 0 Å². The number of amides is 1. The van der Waals surface area contributed by atoms with Crippen molar-refractivity contribution in [1.29, 1.82) is 0 Å². The summed E-state index contributed by atoms with van der Waals surface area (Å²) in [5.41, 5.74) is 1.80. The van der Waals surface area contributed by atoms with Gasteiger partial charge in [0, 0.05) is 17.1 Å². The largest absolute Gasteiger partial charge is 0.507 e. The molecule has 1 saturated heterocycles. The normalized spacial score (nSPS) is 17.5. The van der Waals surface area contributed by atoms with Crippen LogP contribution in [0.15, 0.2) is 83.9 Å². The Balaban J connectivity index is 1.44. The highest BCUT2D eigenvalue weighted by Gasteiger charge is 2.48. The molecule has 6 rings (SSSR count). The fourth-order valence-electron chi connectivity index (χ4n) is 4.84. The highest BCUT2D eigenvalue weighted by molar-refractivity contribution is 7.14. The summed E-state index contributed by atoms with van der Waals surface area (Å²) in [5, 5.41) is 13.6. The maximum atomic E-state index is 13.5. The van der Waals surface area contributed by atoms with Crippen molar-refractivity contribution in [2.24, 2.45) is 0 Å². The second-order valence-electron chi connectivity index (χ2n) is 9.26. The number of anilines is 1. The lowest BCUT2D eigenvalue weighted by molar-refractivity contribution is -0.132. The number of benzene rings is 3. The Morgan fingerprint density at radius 3 is 2.56 bits per heavy atom. The van der Waals surface area contributed by atoms with Gasteiger partial charge >= 0.3 is 5.91 Å². The van der Waals surface area contributed by atoms with Crippen LogP contribution in [0.25, 0.3) is 5.76 Å². The third-order valence-electron chi connectivity index (χ3n) is 6.71. The second kappa shape index (κ2) is 11.3. The lowest BCUT2D eigenvalue weighted by atomic mass is 9.95. The number of rotatable bonds is 8. The molecule has 3 heterocycles. The van der Waals surface area contributed by atoms with Gasteiger partial charge in [-0.15, -0.1) is 11.3 Å². The predicted molar refractivity (Wildman–Crippen MR) is 153 cm³/mol. The van der Waals surface area contributed by atoms with Gasteiger partial charge in [0.25, 0.3) is 5.78 Å². The molecule has 1 amide bonds. The van der Waals surface area contributed by atoms with Gasteiger partial charge in [-0.1, -0.05) is 36.4 Å². The van der Waals surface area contributed by atoms with Crippen LogP contribution in [0.5, 0.6) is 23.0 Å². The Labute approximate surface area is 240 Å². The summed E-state index contributed by atoms with van der Waals surface area (Å²) in [4.78, 5) is 32.5. The van der Waals surface area contributed by atoms with Crippen molar-refractivity contribution in [1.82, 2.24) is 4.98 Å². The smallest absolute Gasteiger partial charge is 0.301 e. The van der Waals surface area contributed by atoms with Gasteiger partial charge in [0.15, 0.2) is 28.1 Å². The van der Waals surface area contributed by atoms with Gasteiger partial charge in [-0.2, -0.15) is 0 Å². The van der Waals surface area contributed by atoms with Crippen LogP contribution in [0.1, 0.15) is 29.7 Å². The van der Waals surface area contributed by atoms with Crippen LogP contribution < -0.4 is 23.8 Å². The predicted octanol–water partition coefficient (Wildman–Crippen LogP) is 5.52. The maximum absolute atomic E-state index is 13.5. The molecule has 2 aliphatic rings. The van der Waals surface area contributed by atoms with E-state index in [2.05, 4.69) is 4.98 Å². The molecule has 0 aliphatic carbocycles. The van der Waals surface area contributed by atoms with Crippen molar-refractivity contribution in [2.75, 3.05) is 24.7 Å². The molecule has 2 aliphatic heterocycles. The van der Waals surface area contributed by atoms with Gasteiger partial charge < -0.3 is 24.1 Å². The number of ketones is 1. The van der Waals surface area contributed by atoms with E-state index < -0.39 is 17.7 Å². The van der Waals surface area contributed by atoms with Crippen LogP contribution in [-0.4, -0.2) is 41.6 Å². The maximum Gasteiger partial charge on any atom is 0.301 e. The van der Waals surface area contributed by atoms with Gasteiger partial charge in [0.05, 0.1) is 18.2 Å². The summed E-state index contributed by atoms with van der Waals surface area (Å²) in [5.74, 6) is 0.0187. The average Bonchev–Trinajstić information content (AvgIpc) is 3.63. The van der Waals surface area contributed by atoms with Gasteiger partial charge in [0.2, 0.25) is 0 Å². The van der Waals surface area contributed by atoms with Crippen LogP contribution >= 0.6 is 11.3 Å². The molecule has 1 atom stereocenters. The first kappa shape index (κ1) is 26.4. The van der Waals surface area contributed by atoms with Crippen LogP contribution in [-0.2, 0) is 16.2 Å². The number of aliphatic hydroxyl groups excluding tert-OH is 1. The molecule has 1 aromatic heterocycles. The third kappa shape index (κ3) is 5.09. The summed E-state index contributed by atoms with van der Waals surface area (Å²) in [7, 11) is 0. The number of hydrogen-bond acceptors (Lipinski definition) is 9. The molecule has 9 nitrogen and oxygen atoms in total. The lowest BCUT2D eigenvalue weighted by Crippen LogP contribution is -2.29. The molecule has 41 heavy (non-hydrogen) atoms. The van der Waals surface area contributed by atoms with Crippen molar-refractivity contribution in [3.63, 3.8) is 0 Å². The van der Waals surface area contributed by atoms with Crippen LogP contribution in [0.4, 0.5) is 5.13 Å². The second-order valence-corrected chi connectivity index (χ2v) is 10.1. The number of thiazole rings is 1. The summed E-state index contributed by atoms with van der Waals surface area (Å²) in [6.07, 6.45) is 1.56. The molecule has 1 fully saturated rings. The minimum atomic E-state index is -0.961. The molecular weight excluding hydrogens is 544 g/mol. The molecule has 4 aromatic rings. The molecule has 0 bridgehead atoms. The van der Waals surface area contributed by atoms with E-state index in [0.29, 0.717) is 65.7 Å². The number of hydrogen-bond donors (Lipinski definition) is 1. The Morgan fingerprint density at radius 1 is 1.00 bits per heavy atom. The summed E-state index contributed by atoms with van der Waals surface area (Å²) in [6.45, 7) is 3.35. The molecule has 3 aromatic carbocycles. The van der Waals surface area contributed by atoms with E-state index in [1.807, 2.05) is 37.3 Å². The van der Waals surface area contributed by atoms with E-state index in [9.17, 15) is 14.7 Å². The van der Waals surface area contributed by atoms with Crippen LogP contribution in [0.2, 0.25) is 0 Å². The van der Waals surface area contributed by atoms with Gasteiger partial charge in [-0.25, -0.2) is 4.98 Å². The van der Waals surface area contributed by atoms with E-state index in [1.54, 1.807) is 48.0 Å². The number of Topliss-reactive ketones (excluding diaryl/α,β-unsaturated/α-hetero) is 1. The van der Waals surface area contributed by atoms with E-state index in [1.165, 1.54) is 16.2 Å². The first-order valence-electron chi connectivity index (χ1n) is 13.1. The third-order valence-corrected chi connectivity index (χ3v) is 7.48. The summed E-state index contributed by atoms with van der Waals surface area (Å²) >= 11 is 1.22. The van der Waals surface area contributed by atoms with Gasteiger partial charge in [-0.3, -0.25) is 14.5 Å². The van der Waals surface area contributed by atoms with E-state index in [0.717, 1.165) is 5.56 Å². The topological polar surface area (TPSA) is 107 Å². The molecule has 0 saturated carbocycles. The number of carbonyl (C=O) groups excluding carboxylic acids is 2. The van der Waals surface area contributed by atoms with Crippen molar-refractivity contribution in [2.45, 2.75) is 19.6 Å². The number of carbonyl (C=O) groups is 2. The first-order chi connectivity index (χ1) is 20.0. The SMILES string of the molecule is CCOc1cc([C@@H]2/C(=C(\O)c3ccc4c(c3)OCCO4)C(=O)C(=O)N2c2nccs2)ccc1OCc1ccccc1. The Hall–Kier alpha value is -4.83. The van der Waals surface area contributed by atoms with Gasteiger partial charge in [-0.05, 0) is 48.4 Å². The van der Waals surface area contributed by atoms with Crippen LogP contribution in [0, 0.1) is 0 Å². The van der Waals surface area contributed by atoms with Crippen molar-refractivity contribution < 1.29 is 33.6 Å². The zero-order valence-corrected chi connectivity index (χ0v) is 22.9. The zero-order valence-electron chi connectivity index (χ0n) is 22.1. The molecule has 10 heteroatoms. The fourth-order valence-corrected chi connectivity index (χ4v) is 5.51. The average molecular weight is 571 g/mol. The molecular formula is C31H26N2O7S. The molecule has 0 spiro atoms. The van der Waals surface area contributed by atoms with Crippen molar-refractivity contribution in [3.8, 4) is 23.0 Å². The van der Waals surface area contributed by atoms with E-state index in [4.69, 9.17) is 18.9 Å². The summed E-state index contributed by atoms with van der Waals surface area (Å²) < 4.78 is 23.2. The monoisotopic (exact) mass is 570 g/mol. The lowest BCUT2D eigenvalue weighted by Gasteiger charge is -2.24. The molecule has 1 N–H and O–H groups in total. The molecule has 0 radical (unpaired) electrons. The fraction of sp³-hybridized carbons (Fsp3) is 0.194. The Kier molecular flexibility index (Phi) is 7.30. The zero-order chi connectivity index (χ0) is 28.3. The standard InChI is InChI=1S/C31H26N2O7S/c1-2-37-24-16-20(8-10-23(24)40-18-19-6-4-3-5-7-19)27-26(29(35)30(36)33(27)31-32-12-15-41-31)28(34)21-9-11-22-25(17-21)39-14-13-38-22/h3-12,15-17,27,34H,2,13-14,18H2,1H3/b28-26+/t27-/m1/s1. The molecule has 208 valence electrons. The minimum absolute atomic E-state index is 0.0673. The van der Waals surface area contributed by atoms with Crippen LogP contribution in [0.3, 0.4) is 0 Å².